The largest absolute Gasteiger partial charge is 0.497 e. The molecule has 6 nitrogen and oxygen atoms in total. The van der Waals surface area contributed by atoms with Gasteiger partial charge in [0, 0.05) is 43.1 Å². The van der Waals surface area contributed by atoms with Gasteiger partial charge < -0.3 is 19.9 Å². The number of aromatic nitrogens is 1. The van der Waals surface area contributed by atoms with Crippen molar-refractivity contribution in [3.8, 4) is 5.75 Å². The summed E-state index contributed by atoms with van der Waals surface area (Å²) >= 11 is 0. The molecule has 1 aromatic carbocycles. The van der Waals surface area contributed by atoms with Crippen LogP contribution < -0.4 is 20.5 Å². The Morgan fingerprint density at radius 3 is 2.71 bits per heavy atom. The van der Waals surface area contributed by atoms with Gasteiger partial charge in [-0.2, -0.15) is 0 Å². The molecule has 1 aliphatic heterocycles. The molecule has 2 aromatic rings. The SMILES string of the molecule is COc1cccc(N2CCC(NC(=O)c3ccc(=O)[nH]c3)CC2)c1. The summed E-state index contributed by atoms with van der Waals surface area (Å²) in [5.74, 6) is 0.701. The lowest BCUT2D eigenvalue weighted by atomic mass is 10.0. The number of hydrogen-bond acceptors (Lipinski definition) is 4. The number of pyridine rings is 1. The van der Waals surface area contributed by atoms with E-state index < -0.39 is 0 Å². The monoisotopic (exact) mass is 327 g/mol. The van der Waals surface area contributed by atoms with E-state index in [1.807, 2.05) is 18.2 Å². The summed E-state index contributed by atoms with van der Waals surface area (Å²) in [5, 5.41) is 3.04. The van der Waals surface area contributed by atoms with Gasteiger partial charge >= 0.3 is 0 Å². The zero-order valence-electron chi connectivity index (χ0n) is 13.6. The number of amides is 1. The van der Waals surface area contributed by atoms with E-state index in [4.69, 9.17) is 4.74 Å². The van der Waals surface area contributed by atoms with Crippen molar-refractivity contribution in [3.05, 3.63) is 58.5 Å². The zero-order valence-corrected chi connectivity index (χ0v) is 13.6. The summed E-state index contributed by atoms with van der Waals surface area (Å²) in [7, 11) is 1.66. The molecule has 126 valence electrons. The van der Waals surface area contributed by atoms with E-state index in [-0.39, 0.29) is 17.5 Å². The maximum atomic E-state index is 12.2. The van der Waals surface area contributed by atoms with Gasteiger partial charge in [0.2, 0.25) is 5.56 Å². The van der Waals surface area contributed by atoms with Crippen LogP contribution in [0.25, 0.3) is 0 Å². The van der Waals surface area contributed by atoms with Crippen LogP contribution in [-0.2, 0) is 0 Å². The molecule has 0 atom stereocenters. The summed E-state index contributed by atoms with van der Waals surface area (Å²) in [6.07, 6.45) is 3.21. The van der Waals surface area contributed by atoms with Crippen molar-refractivity contribution in [2.75, 3.05) is 25.1 Å². The maximum Gasteiger partial charge on any atom is 0.252 e. The Hall–Kier alpha value is -2.76. The highest BCUT2D eigenvalue weighted by molar-refractivity contribution is 5.94. The number of benzene rings is 1. The van der Waals surface area contributed by atoms with Crippen molar-refractivity contribution in [2.24, 2.45) is 0 Å². The molecule has 1 fully saturated rings. The highest BCUT2D eigenvalue weighted by Gasteiger charge is 2.21. The van der Waals surface area contributed by atoms with Gasteiger partial charge in [-0.15, -0.1) is 0 Å². The smallest absolute Gasteiger partial charge is 0.252 e. The number of H-pyrrole nitrogens is 1. The number of piperidine rings is 1. The van der Waals surface area contributed by atoms with Crippen LogP contribution in [-0.4, -0.2) is 37.1 Å². The van der Waals surface area contributed by atoms with Crippen LogP contribution in [0.5, 0.6) is 5.75 Å². The van der Waals surface area contributed by atoms with Gasteiger partial charge in [-0.05, 0) is 31.0 Å². The molecule has 2 heterocycles. The van der Waals surface area contributed by atoms with Crippen LogP contribution in [0.3, 0.4) is 0 Å². The number of hydrogen-bond donors (Lipinski definition) is 2. The first-order chi connectivity index (χ1) is 11.7. The number of methoxy groups -OCH3 is 1. The second-order valence-corrected chi connectivity index (χ2v) is 5.88. The van der Waals surface area contributed by atoms with Crippen LogP contribution in [0.15, 0.2) is 47.4 Å². The minimum atomic E-state index is -0.210. The Morgan fingerprint density at radius 2 is 2.04 bits per heavy atom. The Morgan fingerprint density at radius 1 is 1.25 bits per heavy atom. The lowest BCUT2D eigenvalue weighted by molar-refractivity contribution is 0.0930. The molecule has 0 aliphatic carbocycles. The van der Waals surface area contributed by atoms with E-state index in [0.29, 0.717) is 5.56 Å². The molecule has 1 aromatic heterocycles. The molecule has 0 spiro atoms. The number of aromatic amines is 1. The normalized spacial score (nSPS) is 15.1. The Kier molecular flexibility index (Phi) is 4.84. The van der Waals surface area contributed by atoms with Crippen LogP contribution in [0.2, 0.25) is 0 Å². The van der Waals surface area contributed by atoms with Crippen molar-refractivity contribution in [2.45, 2.75) is 18.9 Å². The number of carbonyl (C=O) groups is 1. The lowest BCUT2D eigenvalue weighted by Crippen LogP contribution is -2.44. The van der Waals surface area contributed by atoms with Gasteiger partial charge in [0.15, 0.2) is 0 Å². The molecule has 1 aliphatic rings. The number of carbonyl (C=O) groups excluding carboxylic acids is 1. The average molecular weight is 327 g/mol. The topological polar surface area (TPSA) is 74.4 Å². The van der Waals surface area contributed by atoms with Crippen molar-refractivity contribution < 1.29 is 9.53 Å². The third-order valence-corrected chi connectivity index (χ3v) is 4.30. The summed E-state index contributed by atoms with van der Waals surface area (Å²) in [5.41, 5.74) is 1.41. The number of nitrogens with one attached hydrogen (secondary N) is 2. The highest BCUT2D eigenvalue weighted by atomic mass is 16.5. The molecular formula is C18H21N3O3. The summed E-state index contributed by atoms with van der Waals surface area (Å²) in [4.78, 5) is 28.1. The van der Waals surface area contributed by atoms with Crippen molar-refractivity contribution >= 4 is 11.6 Å². The molecule has 0 saturated carbocycles. The average Bonchev–Trinajstić information content (AvgIpc) is 2.63. The Balaban J connectivity index is 1.56. The molecule has 0 unspecified atom stereocenters. The van der Waals surface area contributed by atoms with E-state index in [0.717, 1.165) is 37.4 Å². The molecule has 0 bridgehead atoms. The van der Waals surface area contributed by atoms with Gasteiger partial charge in [-0.25, -0.2) is 0 Å². The van der Waals surface area contributed by atoms with E-state index in [1.54, 1.807) is 13.2 Å². The molecule has 3 rings (SSSR count). The summed E-state index contributed by atoms with van der Waals surface area (Å²) in [6, 6.07) is 11.1. The summed E-state index contributed by atoms with van der Waals surface area (Å²) in [6.45, 7) is 1.76. The third kappa shape index (κ3) is 3.76. The van der Waals surface area contributed by atoms with Gasteiger partial charge in [-0.3, -0.25) is 9.59 Å². The van der Waals surface area contributed by atoms with Crippen LogP contribution in [0.1, 0.15) is 23.2 Å². The van der Waals surface area contributed by atoms with Crippen molar-refractivity contribution in [1.82, 2.24) is 10.3 Å². The van der Waals surface area contributed by atoms with Crippen LogP contribution in [0.4, 0.5) is 5.69 Å². The Bertz CT molecular complexity index is 744. The molecule has 2 N–H and O–H groups in total. The number of nitrogens with zero attached hydrogens (tertiary/aromatic N) is 1. The lowest BCUT2D eigenvalue weighted by Gasteiger charge is -2.34. The molecule has 0 radical (unpaired) electrons. The minimum Gasteiger partial charge on any atom is -0.497 e. The number of rotatable bonds is 4. The molecule has 24 heavy (non-hydrogen) atoms. The first-order valence-corrected chi connectivity index (χ1v) is 8.04. The Labute approximate surface area is 140 Å². The predicted molar refractivity (Wildman–Crippen MR) is 92.8 cm³/mol. The van der Waals surface area contributed by atoms with E-state index in [9.17, 15) is 9.59 Å². The standard InChI is InChI=1S/C18H21N3O3/c1-24-16-4-2-3-15(11-16)21-9-7-14(8-10-21)20-18(23)13-5-6-17(22)19-12-13/h2-6,11-12,14H,7-10H2,1H3,(H,19,22)(H,20,23). The van der Waals surface area contributed by atoms with Gasteiger partial charge in [0.1, 0.15) is 5.75 Å². The fourth-order valence-electron chi connectivity index (χ4n) is 2.91. The minimum absolute atomic E-state index is 0.145. The quantitative estimate of drug-likeness (QED) is 0.898. The van der Waals surface area contributed by atoms with Gasteiger partial charge in [0.05, 0.1) is 12.7 Å². The second kappa shape index (κ2) is 7.21. The molecule has 6 heteroatoms. The van der Waals surface area contributed by atoms with E-state index in [2.05, 4.69) is 21.3 Å². The predicted octanol–water partition coefficient (Wildman–Crippen LogP) is 1.78. The fraction of sp³-hybridized carbons (Fsp3) is 0.333. The van der Waals surface area contributed by atoms with Crippen molar-refractivity contribution in [1.29, 1.82) is 0 Å². The van der Waals surface area contributed by atoms with Crippen molar-refractivity contribution in [3.63, 3.8) is 0 Å². The number of anilines is 1. The van der Waals surface area contributed by atoms with E-state index >= 15 is 0 Å². The zero-order chi connectivity index (χ0) is 16.9. The maximum absolute atomic E-state index is 12.2. The van der Waals surface area contributed by atoms with E-state index in [1.165, 1.54) is 12.3 Å². The first-order valence-electron chi connectivity index (χ1n) is 8.04. The molecule has 1 amide bonds. The van der Waals surface area contributed by atoms with Crippen LogP contribution >= 0.6 is 0 Å². The van der Waals surface area contributed by atoms with Gasteiger partial charge in [0.25, 0.3) is 5.91 Å². The van der Waals surface area contributed by atoms with Crippen LogP contribution in [0, 0.1) is 0 Å². The van der Waals surface area contributed by atoms with Gasteiger partial charge in [-0.1, -0.05) is 6.07 Å². The fourth-order valence-corrected chi connectivity index (χ4v) is 2.91. The summed E-state index contributed by atoms with van der Waals surface area (Å²) < 4.78 is 5.27. The first kappa shape index (κ1) is 16.1. The third-order valence-electron chi connectivity index (χ3n) is 4.30. The number of ether oxygens (including phenoxy) is 1. The highest BCUT2D eigenvalue weighted by Crippen LogP contribution is 2.24. The second-order valence-electron chi connectivity index (χ2n) is 5.88. The molecule has 1 saturated heterocycles. The molecular weight excluding hydrogens is 306 g/mol.